The molecular weight excluding hydrogens is 326 g/mol. The van der Waals surface area contributed by atoms with Gasteiger partial charge in [0.15, 0.2) is 0 Å². The van der Waals surface area contributed by atoms with Gasteiger partial charge < -0.3 is 20.1 Å². The highest BCUT2D eigenvalue weighted by Gasteiger charge is 2.36. The molecule has 1 aromatic heterocycles. The van der Waals surface area contributed by atoms with E-state index in [1.165, 1.54) is 12.8 Å². The van der Waals surface area contributed by atoms with Crippen molar-refractivity contribution < 1.29 is 4.79 Å². The molecule has 0 atom stereocenters. The van der Waals surface area contributed by atoms with Crippen LogP contribution in [0.15, 0.2) is 24.3 Å². The van der Waals surface area contributed by atoms with Gasteiger partial charge in [-0.2, -0.15) is 0 Å². The van der Waals surface area contributed by atoms with Crippen LogP contribution in [0.2, 0.25) is 0 Å². The largest absolute Gasteiger partial charge is 0.336 e. The van der Waals surface area contributed by atoms with E-state index < -0.39 is 0 Å². The van der Waals surface area contributed by atoms with E-state index in [1.807, 2.05) is 30.0 Å². The molecule has 2 aromatic rings. The fourth-order valence-electron chi connectivity index (χ4n) is 4.51. The number of carbonyl (C=O) groups is 1. The first-order valence-corrected chi connectivity index (χ1v) is 9.82. The molecule has 26 heavy (non-hydrogen) atoms. The lowest BCUT2D eigenvalue weighted by Gasteiger charge is -2.44. The van der Waals surface area contributed by atoms with E-state index in [1.54, 1.807) is 0 Å². The second-order valence-corrected chi connectivity index (χ2v) is 7.77. The van der Waals surface area contributed by atoms with E-state index in [4.69, 9.17) is 0 Å². The van der Waals surface area contributed by atoms with Gasteiger partial charge in [0, 0.05) is 26.2 Å². The number of aryl methyl sites for hydroxylation is 1. The summed E-state index contributed by atoms with van der Waals surface area (Å²) in [6.45, 7) is 7.44. The van der Waals surface area contributed by atoms with Gasteiger partial charge in [0.2, 0.25) is 0 Å². The Kier molecular flexibility index (Phi) is 4.85. The first kappa shape index (κ1) is 17.3. The van der Waals surface area contributed by atoms with Crippen molar-refractivity contribution in [2.75, 3.05) is 32.7 Å². The van der Waals surface area contributed by atoms with Gasteiger partial charge in [0.1, 0.15) is 5.82 Å². The molecule has 0 aliphatic carbocycles. The van der Waals surface area contributed by atoms with Gasteiger partial charge in [0.25, 0.3) is 0 Å². The van der Waals surface area contributed by atoms with Crippen LogP contribution in [0, 0.1) is 12.3 Å². The predicted octanol–water partition coefficient (Wildman–Crippen LogP) is 2.52. The normalized spacial score (nSPS) is 19.8. The maximum absolute atomic E-state index is 12.5. The minimum Gasteiger partial charge on any atom is -0.336 e. The summed E-state index contributed by atoms with van der Waals surface area (Å²) in [6.07, 6.45) is 4.81. The quantitative estimate of drug-likeness (QED) is 0.889. The van der Waals surface area contributed by atoms with Crippen LogP contribution in [-0.2, 0) is 6.54 Å². The average Bonchev–Trinajstić information content (AvgIpc) is 2.98. The molecule has 3 heterocycles. The zero-order chi connectivity index (χ0) is 18.0. The fraction of sp³-hybridized carbons (Fsp3) is 0.600. The molecule has 0 bridgehead atoms. The summed E-state index contributed by atoms with van der Waals surface area (Å²) >= 11 is 0. The molecule has 2 amide bonds. The van der Waals surface area contributed by atoms with Crippen molar-refractivity contribution in [1.29, 1.82) is 0 Å². The number of imidazole rings is 1. The third-order valence-electron chi connectivity index (χ3n) is 6.23. The molecule has 2 fully saturated rings. The fourth-order valence-corrected chi connectivity index (χ4v) is 4.51. The maximum atomic E-state index is 12.5. The first-order valence-electron chi connectivity index (χ1n) is 9.82. The number of carbonyl (C=O) groups excluding carboxylic acids is 1. The Hall–Kier alpha value is -2.08. The molecule has 2 aliphatic rings. The van der Waals surface area contributed by atoms with Gasteiger partial charge in [-0.3, -0.25) is 0 Å². The van der Waals surface area contributed by atoms with E-state index in [-0.39, 0.29) is 6.03 Å². The molecule has 6 heteroatoms. The Morgan fingerprint density at radius 1 is 1.19 bits per heavy atom. The molecule has 6 nitrogen and oxygen atoms in total. The number of amides is 2. The van der Waals surface area contributed by atoms with E-state index in [0.717, 1.165) is 62.4 Å². The minimum absolute atomic E-state index is 0.0795. The summed E-state index contributed by atoms with van der Waals surface area (Å²) in [5.41, 5.74) is 2.62. The number of para-hydroxylation sites is 2. The number of nitrogens with zero attached hydrogens (tertiary/aromatic N) is 3. The van der Waals surface area contributed by atoms with Gasteiger partial charge >= 0.3 is 6.03 Å². The topological polar surface area (TPSA) is 62.2 Å². The highest BCUT2D eigenvalue weighted by atomic mass is 16.2. The van der Waals surface area contributed by atoms with Crippen molar-refractivity contribution in [2.45, 2.75) is 39.2 Å². The monoisotopic (exact) mass is 355 g/mol. The number of nitrogens with one attached hydrogen (secondary N) is 2. The summed E-state index contributed by atoms with van der Waals surface area (Å²) in [4.78, 5) is 19.1. The lowest BCUT2D eigenvalue weighted by Crippen LogP contribution is -2.50. The second-order valence-electron chi connectivity index (χ2n) is 7.77. The van der Waals surface area contributed by atoms with Crippen LogP contribution in [0.25, 0.3) is 11.0 Å². The van der Waals surface area contributed by atoms with Crippen molar-refractivity contribution in [1.82, 2.24) is 25.1 Å². The van der Waals surface area contributed by atoms with E-state index in [0.29, 0.717) is 12.0 Å². The minimum atomic E-state index is 0.0795. The van der Waals surface area contributed by atoms with Crippen molar-refractivity contribution in [3.05, 3.63) is 30.1 Å². The number of benzene rings is 1. The Morgan fingerprint density at radius 3 is 2.69 bits per heavy atom. The smallest absolute Gasteiger partial charge is 0.317 e. The number of fused-ring (bicyclic) bond motifs is 1. The van der Waals surface area contributed by atoms with Crippen molar-refractivity contribution in [2.24, 2.45) is 5.41 Å². The molecular formula is C20H29N5O. The lowest BCUT2D eigenvalue weighted by molar-refractivity contribution is 0.0874. The van der Waals surface area contributed by atoms with Crippen LogP contribution in [0.3, 0.4) is 0 Å². The number of hydrogen-bond acceptors (Lipinski definition) is 3. The molecule has 0 radical (unpaired) electrons. The van der Waals surface area contributed by atoms with Gasteiger partial charge in [-0.05, 0) is 63.2 Å². The third-order valence-corrected chi connectivity index (χ3v) is 6.23. The van der Waals surface area contributed by atoms with Crippen LogP contribution >= 0.6 is 0 Å². The van der Waals surface area contributed by atoms with E-state index in [2.05, 4.69) is 26.3 Å². The Balaban J connectivity index is 1.28. The third kappa shape index (κ3) is 3.43. The van der Waals surface area contributed by atoms with Crippen LogP contribution in [0.5, 0.6) is 0 Å². The van der Waals surface area contributed by atoms with E-state index >= 15 is 0 Å². The standard InChI is InChI=1S/C20H29N5O/c1-16-23-17-4-2-3-5-18(17)25(16)15-12-22-19(26)24-13-8-20(9-14-24)6-10-21-11-7-20/h2-5,21H,6-15H2,1H3,(H,22,26). The van der Waals surface area contributed by atoms with Gasteiger partial charge in [-0.15, -0.1) is 0 Å². The van der Waals surface area contributed by atoms with Crippen LogP contribution < -0.4 is 10.6 Å². The summed E-state index contributed by atoms with van der Waals surface area (Å²) in [7, 11) is 0. The molecule has 1 aromatic carbocycles. The van der Waals surface area contributed by atoms with Gasteiger partial charge in [-0.25, -0.2) is 9.78 Å². The second kappa shape index (κ2) is 7.27. The van der Waals surface area contributed by atoms with Crippen LogP contribution in [0.1, 0.15) is 31.5 Å². The Morgan fingerprint density at radius 2 is 1.92 bits per heavy atom. The van der Waals surface area contributed by atoms with Crippen molar-refractivity contribution >= 4 is 17.1 Å². The van der Waals surface area contributed by atoms with Crippen molar-refractivity contribution in [3.63, 3.8) is 0 Å². The summed E-state index contributed by atoms with van der Waals surface area (Å²) in [6, 6.07) is 8.23. The SMILES string of the molecule is Cc1nc2ccccc2n1CCNC(=O)N1CCC2(CCNCC2)CC1. The Labute approximate surface area is 155 Å². The number of urea groups is 1. The average molecular weight is 355 g/mol. The number of aromatic nitrogens is 2. The van der Waals surface area contributed by atoms with Gasteiger partial charge in [-0.1, -0.05) is 12.1 Å². The van der Waals surface area contributed by atoms with Crippen LogP contribution in [0.4, 0.5) is 4.79 Å². The Bertz CT molecular complexity index is 768. The zero-order valence-corrected chi connectivity index (χ0v) is 15.6. The highest BCUT2D eigenvalue weighted by Crippen LogP contribution is 2.39. The molecule has 0 saturated carbocycles. The van der Waals surface area contributed by atoms with Crippen LogP contribution in [-0.4, -0.2) is 53.2 Å². The maximum Gasteiger partial charge on any atom is 0.317 e. The van der Waals surface area contributed by atoms with E-state index in [9.17, 15) is 4.79 Å². The molecule has 4 rings (SSSR count). The van der Waals surface area contributed by atoms with Gasteiger partial charge in [0.05, 0.1) is 11.0 Å². The molecule has 0 unspecified atom stereocenters. The highest BCUT2D eigenvalue weighted by molar-refractivity contribution is 5.76. The number of hydrogen-bond donors (Lipinski definition) is 2. The molecule has 2 saturated heterocycles. The summed E-state index contributed by atoms with van der Waals surface area (Å²) in [5, 5.41) is 6.55. The molecule has 2 aliphatic heterocycles. The molecule has 140 valence electrons. The number of piperidine rings is 2. The zero-order valence-electron chi connectivity index (χ0n) is 15.6. The summed E-state index contributed by atoms with van der Waals surface area (Å²) < 4.78 is 2.18. The molecule has 2 N–H and O–H groups in total. The van der Waals surface area contributed by atoms with Crippen molar-refractivity contribution in [3.8, 4) is 0 Å². The number of rotatable bonds is 3. The first-order chi connectivity index (χ1) is 12.7. The molecule has 1 spiro atoms. The lowest BCUT2D eigenvalue weighted by atomic mass is 9.72. The summed E-state index contributed by atoms with van der Waals surface area (Å²) in [5.74, 6) is 0.992. The number of likely N-dealkylation sites (tertiary alicyclic amines) is 1. The predicted molar refractivity (Wildman–Crippen MR) is 103 cm³/mol.